The van der Waals surface area contributed by atoms with E-state index in [2.05, 4.69) is 20.7 Å². The van der Waals surface area contributed by atoms with Crippen molar-refractivity contribution in [1.29, 1.82) is 0 Å². The van der Waals surface area contributed by atoms with E-state index in [-0.39, 0.29) is 17.6 Å². The van der Waals surface area contributed by atoms with Gasteiger partial charge in [0, 0.05) is 7.05 Å². The Morgan fingerprint density at radius 2 is 2.09 bits per heavy atom. The number of benzene rings is 1. The van der Waals surface area contributed by atoms with Gasteiger partial charge >= 0.3 is 5.97 Å². The molecule has 2 rings (SSSR count). The molecular weight excluding hydrogens is 384 g/mol. The Labute approximate surface area is 147 Å². The van der Waals surface area contributed by atoms with Crippen LogP contribution in [0.4, 0.5) is 0 Å². The van der Waals surface area contributed by atoms with Gasteiger partial charge in [0.05, 0.1) is 18.7 Å². The zero-order chi connectivity index (χ0) is 17.1. The summed E-state index contributed by atoms with van der Waals surface area (Å²) >= 11 is 8.62. The highest BCUT2D eigenvalue weighted by Gasteiger charge is 2.36. The fourth-order valence-corrected chi connectivity index (χ4v) is 2.88. The van der Waals surface area contributed by atoms with Crippen molar-refractivity contribution in [3.63, 3.8) is 0 Å². The quantitative estimate of drug-likeness (QED) is 0.439. The van der Waals surface area contributed by atoms with E-state index in [4.69, 9.17) is 17.0 Å². The third-order valence-corrected chi connectivity index (χ3v) is 4.44. The minimum atomic E-state index is -0.475. The summed E-state index contributed by atoms with van der Waals surface area (Å²) in [5.74, 6) is -0.0629. The van der Waals surface area contributed by atoms with Gasteiger partial charge in [0.1, 0.15) is 18.0 Å². The lowest BCUT2D eigenvalue weighted by molar-refractivity contribution is -0.140. The predicted octanol–water partition coefficient (Wildman–Crippen LogP) is 2.03. The lowest BCUT2D eigenvalue weighted by Crippen LogP contribution is -2.33. The summed E-state index contributed by atoms with van der Waals surface area (Å²) in [5.41, 5.74) is 1.09. The van der Waals surface area contributed by atoms with E-state index in [1.54, 1.807) is 26.3 Å². The SMILES string of the molecule is COC(=O)CN1C(=S)N(C)C(=O)C1=Cc1ccc(OC)c(Br)c1. The zero-order valence-electron chi connectivity index (χ0n) is 12.8. The zero-order valence-corrected chi connectivity index (χ0v) is 15.2. The Morgan fingerprint density at radius 3 is 2.65 bits per heavy atom. The maximum absolute atomic E-state index is 12.3. The number of carbonyl (C=O) groups excluding carboxylic acids is 2. The molecular formula is C15H15BrN2O4S. The van der Waals surface area contributed by atoms with Gasteiger partial charge in [-0.15, -0.1) is 0 Å². The van der Waals surface area contributed by atoms with Crippen LogP contribution in [0.2, 0.25) is 0 Å². The fourth-order valence-electron chi connectivity index (χ4n) is 2.07. The van der Waals surface area contributed by atoms with Crippen LogP contribution in [-0.4, -0.2) is 54.6 Å². The highest BCUT2D eigenvalue weighted by Crippen LogP contribution is 2.28. The normalized spacial score (nSPS) is 16.3. The molecule has 0 unspecified atom stereocenters. The second-order valence-corrected chi connectivity index (χ2v) is 5.95. The first-order chi connectivity index (χ1) is 10.9. The van der Waals surface area contributed by atoms with Gasteiger partial charge in [-0.05, 0) is 51.9 Å². The lowest BCUT2D eigenvalue weighted by atomic mass is 10.1. The van der Waals surface area contributed by atoms with E-state index in [0.29, 0.717) is 11.4 Å². The minimum absolute atomic E-state index is 0.116. The Morgan fingerprint density at radius 1 is 1.39 bits per heavy atom. The molecule has 1 amide bonds. The molecule has 0 N–H and O–H groups in total. The van der Waals surface area contributed by atoms with Crippen molar-refractivity contribution < 1.29 is 19.1 Å². The average molecular weight is 399 g/mol. The van der Waals surface area contributed by atoms with Crippen molar-refractivity contribution in [3.05, 3.63) is 33.9 Å². The van der Waals surface area contributed by atoms with Gasteiger partial charge in [-0.25, -0.2) is 0 Å². The molecule has 1 saturated heterocycles. The molecule has 0 aliphatic carbocycles. The number of amides is 1. The average Bonchev–Trinajstić information content (AvgIpc) is 2.73. The number of nitrogens with zero attached hydrogens (tertiary/aromatic N) is 2. The van der Waals surface area contributed by atoms with Crippen LogP contribution < -0.4 is 4.74 Å². The summed E-state index contributed by atoms with van der Waals surface area (Å²) in [6.07, 6.45) is 1.67. The standard InChI is InChI=1S/C15H15BrN2O4S/c1-17-14(20)11(18(15(17)23)8-13(19)22-3)7-9-4-5-12(21-2)10(16)6-9/h4-7H,8H2,1-3H3. The third kappa shape index (κ3) is 3.53. The number of thiocarbonyl (C=S) groups is 1. The maximum atomic E-state index is 12.3. The second kappa shape index (κ2) is 7.10. The van der Waals surface area contributed by atoms with E-state index < -0.39 is 5.97 Å². The first-order valence-corrected chi connectivity index (χ1v) is 7.80. The molecule has 0 spiro atoms. The fraction of sp³-hybridized carbons (Fsp3) is 0.267. The number of carbonyl (C=O) groups is 2. The number of halogens is 1. The van der Waals surface area contributed by atoms with Gasteiger partial charge < -0.3 is 14.4 Å². The summed E-state index contributed by atoms with van der Waals surface area (Å²) in [5, 5.41) is 0.263. The first-order valence-electron chi connectivity index (χ1n) is 6.60. The van der Waals surface area contributed by atoms with Crippen molar-refractivity contribution in [1.82, 2.24) is 9.80 Å². The molecule has 0 radical (unpaired) electrons. The molecule has 0 bridgehead atoms. The van der Waals surface area contributed by atoms with Crippen LogP contribution in [0.5, 0.6) is 5.75 Å². The minimum Gasteiger partial charge on any atom is -0.496 e. The van der Waals surface area contributed by atoms with E-state index in [9.17, 15) is 9.59 Å². The number of hydrogen-bond donors (Lipinski definition) is 0. The van der Waals surface area contributed by atoms with Crippen molar-refractivity contribution in [2.45, 2.75) is 0 Å². The Balaban J connectivity index is 2.40. The highest BCUT2D eigenvalue weighted by atomic mass is 79.9. The van der Waals surface area contributed by atoms with Crippen LogP contribution in [0.25, 0.3) is 6.08 Å². The van der Waals surface area contributed by atoms with Gasteiger partial charge in [0.2, 0.25) is 0 Å². The van der Waals surface area contributed by atoms with Crippen LogP contribution in [0.3, 0.4) is 0 Å². The monoisotopic (exact) mass is 398 g/mol. The second-order valence-electron chi connectivity index (χ2n) is 4.73. The van der Waals surface area contributed by atoms with E-state index in [1.807, 2.05) is 12.1 Å². The number of esters is 1. The molecule has 1 aromatic rings. The topological polar surface area (TPSA) is 59.1 Å². The van der Waals surface area contributed by atoms with Gasteiger partial charge in [-0.1, -0.05) is 6.07 Å². The molecule has 1 aliphatic heterocycles. The lowest BCUT2D eigenvalue weighted by Gasteiger charge is -2.17. The van der Waals surface area contributed by atoms with E-state index >= 15 is 0 Å². The number of methoxy groups -OCH3 is 2. The molecule has 0 aromatic heterocycles. The summed E-state index contributed by atoms with van der Waals surface area (Å²) < 4.78 is 10.6. The molecule has 122 valence electrons. The van der Waals surface area contributed by atoms with Gasteiger partial charge in [0.15, 0.2) is 5.11 Å². The summed E-state index contributed by atoms with van der Waals surface area (Å²) in [4.78, 5) is 26.7. The van der Waals surface area contributed by atoms with Gasteiger partial charge in [-0.3, -0.25) is 14.5 Å². The molecule has 0 atom stereocenters. The Bertz CT molecular complexity index is 705. The Kier molecular flexibility index (Phi) is 5.38. The van der Waals surface area contributed by atoms with Crippen LogP contribution in [-0.2, 0) is 14.3 Å². The molecule has 0 saturated carbocycles. The van der Waals surface area contributed by atoms with E-state index in [1.165, 1.54) is 16.9 Å². The van der Waals surface area contributed by atoms with Crippen LogP contribution in [0.1, 0.15) is 5.56 Å². The highest BCUT2D eigenvalue weighted by molar-refractivity contribution is 9.10. The third-order valence-electron chi connectivity index (χ3n) is 3.33. The molecule has 1 fully saturated rings. The van der Waals surface area contributed by atoms with Crippen molar-refractivity contribution >= 4 is 51.2 Å². The van der Waals surface area contributed by atoms with E-state index in [0.717, 1.165) is 10.0 Å². The molecule has 23 heavy (non-hydrogen) atoms. The Hall–Kier alpha value is -1.93. The van der Waals surface area contributed by atoms with Crippen molar-refractivity contribution in [3.8, 4) is 5.75 Å². The molecule has 1 heterocycles. The smallest absolute Gasteiger partial charge is 0.325 e. The molecule has 8 heteroatoms. The molecule has 1 aliphatic rings. The number of ether oxygens (including phenoxy) is 2. The van der Waals surface area contributed by atoms with Gasteiger partial charge in [0.25, 0.3) is 5.91 Å². The predicted molar refractivity (Wildman–Crippen MR) is 92.8 cm³/mol. The van der Waals surface area contributed by atoms with Crippen molar-refractivity contribution in [2.75, 3.05) is 27.8 Å². The molecule has 1 aromatic carbocycles. The van der Waals surface area contributed by atoms with Crippen LogP contribution >= 0.6 is 28.1 Å². The summed E-state index contributed by atoms with van der Waals surface area (Å²) in [7, 11) is 4.43. The van der Waals surface area contributed by atoms with Crippen LogP contribution in [0, 0.1) is 0 Å². The number of likely N-dealkylation sites (N-methyl/N-ethyl adjacent to an activating group) is 1. The van der Waals surface area contributed by atoms with Crippen molar-refractivity contribution in [2.24, 2.45) is 0 Å². The van der Waals surface area contributed by atoms with Crippen LogP contribution in [0.15, 0.2) is 28.4 Å². The van der Waals surface area contributed by atoms with Gasteiger partial charge in [-0.2, -0.15) is 0 Å². The maximum Gasteiger partial charge on any atom is 0.325 e. The number of hydrogen-bond acceptors (Lipinski definition) is 5. The largest absolute Gasteiger partial charge is 0.496 e. The summed E-state index contributed by atoms with van der Waals surface area (Å²) in [6, 6.07) is 5.40. The molecule has 6 nitrogen and oxygen atoms in total. The number of rotatable bonds is 4. The first kappa shape index (κ1) is 17.4. The summed E-state index contributed by atoms with van der Waals surface area (Å²) in [6.45, 7) is -0.116.